The van der Waals surface area contributed by atoms with E-state index in [1.165, 1.54) is 0 Å². The van der Waals surface area contributed by atoms with Crippen LogP contribution in [-0.4, -0.2) is 53.8 Å². The third kappa shape index (κ3) is 4.02. The van der Waals surface area contributed by atoms with Crippen molar-refractivity contribution in [1.82, 2.24) is 0 Å². The molecule has 2 N–H and O–H groups in total. The van der Waals surface area contributed by atoms with Gasteiger partial charge in [0.25, 0.3) is 0 Å². The number of halogens is 1. The summed E-state index contributed by atoms with van der Waals surface area (Å²) in [7, 11) is 0. The minimum Gasteiger partial charge on any atom is -0.486 e. The average Bonchev–Trinajstić information content (AvgIpc) is 3.21. The zero-order valence-electron chi connectivity index (χ0n) is 17.3. The predicted molar refractivity (Wildman–Crippen MR) is 111 cm³/mol. The Morgan fingerprint density at radius 2 is 1.84 bits per heavy atom. The van der Waals surface area contributed by atoms with E-state index >= 15 is 0 Å². The number of fused-ring (bicyclic) bond motifs is 2. The largest absolute Gasteiger partial charge is 0.486 e. The van der Waals surface area contributed by atoms with E-state index in [1.54, 1.807) is 26.0 Å². The Morgan fingerprint density at radius 1 is 1.06 bits per heavy atom. The molecule has 0 spiro atoms. The van der Waals surface area contributed by atoms with Gasteiger partial charge in [-0.25, -0.2) is 0 Å². The van der Waals surface area contributed by atoms with Gasteiger partial charge >= 0.3 is 0 Å². The molecule has 8 heteroatoms. The summed E-state index contributed by atoms with van der Waals surface area (Å²) in [5, 5.41) is 22.2. The van der Waals surface area contributed by atoms with Crippen LogP contribution in [-0.2, 0) is 20.6 Å². The maximum absolute atomic E-state index is 10.9. The van der Waals surface area contributed by atoms with E-state index in [9.17, 15) is 10.2 Å². The summed E-state index contributed by atoms with van der Waals surface area (Å²) in [6.45, 7) is 4.59. The van der Waals surface area contributed by atoms with E-state index in [-0.39, 0.29) is 0 Å². The highest BCUT2D eigenvalue weighted by Gasteiger charge is 2.56. The Bertz CT molecular complexity index is 978. The smallest absolute Gasteiger partial charge is 0.190 e. The summed E-state index contributed by atoms with van der Waals surface area (Å²) >= 11 is 6.43. The molecule has 166 valence electrons. The number of aliphatic hydroxyl groups is 2. The molecule has 5 atom stereocenters. The Labute approximate surface area is 185 Å². The van der Waals surface area contributed by atoms with Crippen molar-refractivity contribution in [3.63, 3.8) is 0 Å². The zero-order valence-corrected chi connectivity index (χ0v) is 18.0. The fraction of sp³-hybridized carbons (Fsp3) is 0.478. The second-order valence-electron chi connectivity index (χ2n) is 8.51. The second kappa shape index (κ2) is 7.92. The molecule has 2 saturated heterocycles. The first kappa shape index (κ1) is 21.0. The molecule has 5 rings (SSSR count). The van der Waals surface area contributed by atoms with E-state index in [0.29, 0.717) is 36.0 Å². The zero-order chi connectivity index (χ0) is 21.8. The maximum Gasteiger partial charge on any atom is 0.190 e. The van der Waals surface area contributed by atoms with Crippen molar-refractivity contribution < 1.29 is 33.9 Å². The molecule has 0 bridgehead atoms. The lowest BCUT2D eigenvalue weighted by atomic mass is 9.95. The Morgan fingerprint density at radius 3 is 2.61 bits per heavy atom. The number of hydrogen-bond donors (Lipinski definition) is 2. The lowest BCUT2D eigenvalue weighted by molar-refractivity contribution is -0.226. The number of aliphatic hydroxyl groups excluding tert-OH is 2. The Kier molecular flexibility index (Phi) is 5.37. The Balaban J connectivity index is 1.34. The lowest BCUT2D eigenvalue weighted by Crippen LogP contribution is -2.37. The molecule has 3 aliphatic rings. The number of hydrogen-bond acceptors (Lipinski definition) is 7. The SMILES string of the molecule is CC1(C)O[C@@H]2O[C@@H]([C@@H](O)c3ccc(Cl)c(Cc4ccc5c(c4)OCCO5)c3)[C@@H](O)[C@@H]2O1. The summed E-state index contributed by atoms with van der Waals surface area (Å²) in [5.74, 6) is 0.618. The van der Waals surface area contributed by atoms with Crippen molar-refractivity contribution in [2.75, 3.05) is 13.2 Å². The third-order valence-electron chi connectivity index (χ3n) is 5.78. The number of ether oxygens (including phenoxy) is 5. The van der Waals surface area contributed by atoms with E-state index < -0.39 is 36.5 Å². The molecule has 0 radical (unpaired) electrons. The van der Waals surface area contributed by atoms with Gasteiger partial charge in [0.2, 0.25) is 0 Å². The van der Waals surface area contributed by atoms with Gasteiger partial charge in [0.1, 0.15) is 37.6 Å². The highest BCUT2D eigenvalue weighted by atomic mass is 35.5. The van der Waals surface area contributed by atoms with Crippen molar-refractivity contribution in [3.8, 4) is 11.5 Å². The first-order chi connectivity index (χ1) is 14.8. The van der Waals surface area contributed by atoms with Crippen LogP contribution in [0.15, 0.2) is 36.4 Å². The van der Waals surface area contributed by atoms with Crippen LogP contribution in [0.2, 0.25) is 5.02 Å². The van der Waals surface area contributed by atoms with Crippen molar-refractivity contribution in [3.05, 3.63) is 58.1 Å². The van der Waals surface area contributed by atoms with Crippen LogP contribution in [0.3, 0.4) is 0 Å². The molecule has 0 aromatic heterocycles. The molecule has 2 aromatic rings. The minimum atomic E-state index is -1.06. The fourth-order valence-corrected chi connectivity index (χ4v) is 4.48. The van der Waals surface area contributed by atoms with Gasteiger partial charge in [0, 0.05) is 5.02 Å². The lowest BCUT2D eigenvalue weighted by Gasteiger charge is -2.26. The fourth-order valence-electron chi connectivity index (χ4n) is 4.30. The van der Waals surface area contributed by atoms with Gasteiger partial charge in [0.05, 0.1) is 0 Å². The van der Waals surface area contributed by atoms with Gasteiger partial charge in [-0.2, -0.15) is 0 Å². The third-order valence-corrected chi connectivity index (χ3v) is 6.14. The van der Waals surface area contributed by atoms with Crippen LogP contribution in [0, 0.1) is 0 Å². The number of rotatable bonds is 4. The molecule has 2 fully saturated rings. The molecule has 3 aliphatic heterocycles. The summed E-state index contributed by atoms with van der Waals surface area (Å²) in [4.78, 5) is 0. The molecular weight excluding hydrogens is 424 g/mol. The van der Waals surface area contributed by atoms with Crippen molar-refractivity contribution in [2.45, 2.75) is 56.8 Å². The van der Waals surface area contributed by atoms with Crippen LogP contribution in [0.1, 0.15) is 36.6 Å². The van der Waals surface area contributed by atoms with Gasteiger partial charge < -0.3 is 33.9 Å². The Hall–Kier alpha value is -1.87. The molecule has 0 aliphatic carbocycles. The highest BCUT2D eigenvalue weighted by molar-refractivity contribution is 6.31. The molecule has 0 unspecified atom stereocenters. The summed E-state index contributed by atoms with van der Waals surface area (Å²) in [6, 6.07) is 11.1. The van der Waals surface area contributed by atoms with Crippen molar-refractivity contribution >= 4 is 11.6 Å². The molecule has 31 heavy (non-hydrogen) atoms. The quantitative estimate of drug-likeness (QED) is 0.743. The predicted octanol–water partition coefficient (Wildman–Crippen LogP) is 2.97. The van der Waals surface area contributed by atoms with Gasteiger partial charge in [-0.05, 0) is 55.2 Å². The summed E-state index contributed by atoms with van der Waals surface area (Å²) in [6.07, 6.45) is -3.75. The maximum atomic E-state index is 10.9. The van der Waals surface area contributed by atoms with Crippen LogP contribution in [0.5, 0.6) is 11.5 Å². The summed E-state index contributed by atoms with van der Waals surface area (Å²) < 4.78 is 28.4. The van der Waals surface area contributed by atoms with E-state index in [4.69, 9.17) is 35.3 Å². The van der Waals surface area contributed by atoms with Crippen LogP contribution in [0.4, 0.5) is 0 Å². The summed E-state index contributed by atoms with van der Waals surface area (Å²) in [5.41, 5.74) is 2.45. The van der Waals surface area contributed by atoms with Gasteiger partial charge in [-0.3, -0.25) is 0 Å². The molecule has 2 aromatic carbocycles. The van der Waals surface area contributed by atoms with Gasteiger partial charge in [-0.1, -0.05) is 29.8 Å². The highest BCUT2D eigenvalue weighted by Crippen LogP contribution is 2.41. The standard InChI is InChI=1S/C23H25ClO7/c1-23(2)30-21-19(26)20(29-22(21)31-23)18(25)13-4-5-15(24)14(11-13)9-12-3-6-16-17(10-12)28-8-7-27-16/h3-6,10-11,18-22,25-26H,7-9H2,1-2H3/t18-,19+,20-,21-,22-/m0/s1. The van der Waals surface area contributed by atoms with E-state index in [2.05, 4.69) is 0 Å². The first-order valence-corrected chi connectivity index (χ1v) is 10.7. The molecule has 0 amide bonds. The molecule has 7 nitrogen and oxygen atoms in total. The molecule has 0 saturated carbocycles. The van der Waals surface area contributed by atoms with Gasteiger partial charge in [0.15, 0.2) is 23.6 Å². The van der Waals surface area contributed by atoms with Crippen molar-refractivity contribution in [2.24, 2.45) is 0 Å². The van der Waals surface area contributed by atoms with E-state index in [1.807, 2.05) is 24.3 Å². The first-order valence-electron chi connectivity index (χ1n) is 10.3. The molecular formula is C23H25ClO7. The normalized spacial score (nSPS) is 29.6. The van der Waals surface area contributed by atoms with Crippen LogP contribution >= 0.6 is 11.6 Å². The number of benzene rings is 2. The monoisotopic (exact) mass is 448 g/mol. The molecule has 3 heterocycles. The minimum absolute atomic E-state index is 0.523. The topological polar surface area (TPSA) is 86.6 Å². The average molecular weight is 449 g/mol. The van der Waals surface area contributed by atoms with Crippen molar-refractivity contribution in [1.29, 1.82) is 0 Å². The van der Waals surface area contributed by atoms with Crippen LogP contribution < -0.4 is 9.47 Å². The van der Waals surface area contributed by atoms with Gasteiger partial charge in [-0.15, -0.1) is 0 Å². The second-order valence-corrected chi connectivity index (χ2v) is 8.92. The van der Waals surface area contributed by atoms with E-state index in [0.717, 1.165) is 16.9 Å². The van der Waals surface area contributed by atoms with Crippen LogP contribution in [0.25, 0.3) is 0 Å².